The molecule has 0 radical (unpaired) electrons. The van der Waals surface area contributed by atoms with Crippen molar-refractivity contribution in [3.8, 4) is 5.75 Å². The van der Waals surface area contributed by atoms with Gasteiger partial charge in [-0.3, -0.25) is 9.59 Å². The molecular formula is C26H22N2O3S. The van der Waals surface area contributed by atoms with Crippen LogP contribution in [0.3, 0.4) is 0 Å². The van der Waals surface area contributed by atoms with Crippen molar-refractivity contribution in [1.29, 1.82) is 0 Å². The van der Waals surface area contributed by atoms with Crippen LogP contribution in [0, 0.1) is 0 Å². The summed E-state index contributed by atoms with van der Waals surface area (Å²) in [5.74, 6) is 0.645. The third kappa shape index (κ3) is 5.47. The number of hydrogen-bond donors (Lipinski definition) is 2. The zero-order chi connectivity index (χ0) is 22.3. The molecule has 0 aromatic heterocycles. The molecule has 0 bridgehead atoms. The van der Waals surface area contributed by atoms with Gasteiger partial charge in [-0.1, -0.05) is 42.5 Å². The first-order valence-electron chi connectivity index (χ1n) is 10.1. The molecule has 0 saturated carbocycles. The minimum atomic E-state index is -0.173. The van der Waals surface area contributed by atoms with Crippen LogP contribution in [-0.4, -0.2) is 24.7 Å². The van der Waals surface area contributed by atoms with E-state index in [0.29, 0.717) is 22.7 Å². The van der Waals surface area contributed by atoms with Crippen molar-refractivity contribution in [3.63, 3.8) is 0 Å². The van der Waals surface area contributed by atoms with Gasteiger partial charge < -0.3 is 15.4 Å². The van der Waals surface area contributed by atoms with Crippen LogP contribution in [0.25, 0.3) is 10.8 Å². The van der Waals surface area contributed by atoms with Gasteiger partial charge in [0.1, 0.15) is 5.75 Å². The molecule has 4 rings (SSSR count). The lowest BCUT2D eigenvalue weighted by Crippen LogP contribution is -2.14. The van der Waals surface area contributed by atoms with Crippen molar-refractivity contribution < 1.29 is 14.3 Å². The highest BCUT2D eigenvalue weighted by Crippen LogP contribution is 2.24. The Balaban J connectivity index is 1.36. The molecule has 2 amide bonds. The number of amides is 2. The van der Waals surface area contributed by atoms with E-state index >= 15 is 0 Å². The number of methoxy groups -OCH3 is 1. The van der Waals surface area contributed by atoms with E-state index in [1.807, 2.05) is 84.9 Å². The first-order valence-corrected chi connectivity index (χ1v) is 11.1. The van der Waals surface area contributed by atoms with Crippen LogP contribution in [0.5, 0.6) is 5.75 Å². The molecule has 0 spiro atoms. The van der Waals surface area contributed by atoms with Gasteiger partial charge in [0.2, 0.25) is 5.91 Å². The summed E-state index contributed by atoms with van der Waals surface area (Å²) in [5, 5.41) is 7.91. The van der Waals surface area contributed by atoms with E-state index in [1.54, 1.807) is 13.2 Å². The summed E-state index contributed by atoms with van der Waals surface area (Å²) in [7, 11) is 1.59. The summed E-state index contributed by atoms with van der Waals surface area (Å²) in [6.07, 6.45) is 0. The standard InChI is InChI=1S/C26H22N2O3S/c1-31-23-10-4-8-21(15-23)27-25(29)17-32-24-11-5-9-22(16-24)28-26(30)20-13-12-18-6-2-3-7-19(18)14-20/h2-16H,17H2,1H3,(H,27,29)(H,28,30). The maximum absolute atomic E-state index is 12.7. The molecule has 4 aromatic carbocycles. The summed E-state index contributed by atoms with van der Waals surface area (Å²) in [4.78, 5) is 25.9. The Labute approximate surface area is 190 Å². The van der Waals surface area contributed by atoms with Crippen LogP contribution in [-0.2, 0) is 4.79 Å². The third-order valence-corrected chi connectivity index (χ3v) is 5.82. The summed E-state index contributed by atoms with van der Waals surface area (Å²) >= 11 is 1.40. The number of fused-ring (bicyclic) bond motifs is 1. The lowest BCUT2D eigenvalue weighted by atomic mass is 10.1. The molecule has 2 N–H and O–H groups in total. The zero-order valence-corrected chi connectivity index (χ0v) is 18.3. The van der Waals surface area contributed by atoms with E-state index in [9.17, 15) is 9.59 Å². The fourth-order valence-electron chi connectivity index (χ4n) is 3.24. The maximum Gasteiger partial charge on any atom is 0.255 e. The Morgan fingerprint density at radius 2 is 1.53 bits per heavy atom. The van der Waals surface area contributed by atoms with Gasteiger partial charge in [0.25, 0.3) is 5.91 Å². The van der Waals surface area contributed by atoms with Gasteiger partial charge in [0.05, 0.1) is 12.9 Å². The highest BCUT2D eigenvalue weighted by atomic mass is 32.2. The van der Waals surface area contributed by atoms with E-state index < -0.39 is 0 Å². The van der Waals surface area contributed by atoms with Gasteiger partial charge in [-0.15, -0.1) is 11.8 Å². The molecule has 32 heavy (non-hydrogen) atoms. The molecule has 0 heterocycles. The topological polar surface area (TPSA) is 67.4 Å². The Morgan fingerprint density at radius 1 is 0.781 bits per heavy atom. The molecular weight excluding hydrogens is 420 g/mol. The monoisotopic (exact) mass is 442 g/mol. The van der Waals surface area contributed by atoms with E-state index in [2.05, 4.69) is 10.6 Å². The molecule has 160 valence electrons. The van der Waals surface area contributed by atoms with Crippen molar-refractivity contribution in [3.05, 3.63) is 96.6 Å². The molecule has 6 heteroatoms. The van der Waals surface area contributed by atoms with Gasteiger partial charge in [-0.05, 0) is 53.2 Å². The van der Waals surface area contributed by atoms with Crippen molar-refractivity contribution in [2.24, 2.45) is 0 Å². The molecule has 0 atom stereocenters. The maximum atomic E-state index is 12.7. The third-order valence-electron chi connectivity index (χ3n) is 4.83. The van der Waals surface area contributed by atoms with E-state index in [0.717, 1.165) is 15.7 Å². The summed E-state index contributed by atoms with van der Waals surface area (Å²) in [6, 6.07) is 28.3. The molecule has 0 saturated heterocycles. The second-order valence-electron chi connectivity index (χ2n) is 7.11. The van der Waals surface area contributed by atoms with E-state index in [4.69, 9.17) is 4.74 Å². The Kier molecular flexibility index (Phi) is 6.72. The van der Waals surface area contributed by atoms with Gasteiger partial charge >= 0.3 is 0 Å². The fraction of sp³-hybridized carbons (Fsp3) is 0.0769. The molecule has 0 aliphatic heterocycles. The Bertz CT molecular complexity index is 1270. The van der Waals surface area contributed by atoms with Crippen LogP contribution in [0.15, 0.2) is 95.9 Å². The highest BCUT2D eigenvalue weighted by Gasteiger charge is 2.09. The number of ether oxygens (including phenoxy) is 1. The quantitative estimate of drug-likeness (QED) is 0.353. The fourth-order valence-corrected chi connectivity index (χ4v) is 4.00. The average molecular weight is 443 g/mol. The van der Waals surface area contributed by atoms with Crippen LogP contribution < -0.4 is 15.4 Å². The van der Waals surface area contributed by atoms with Gasteiger partial charge in [0.15, 0.2) is 0 Å². The summed E-state index contributed by atoms with van der Waals surface area (Å²) in [6.45, 7) is 0. The molecule has 0 aliphatic carbocycles. The minimum absolute atomic E-state index is 0.117. The first-order chi connectivity index (χ1) is 15.6. The predicted octanol–water partition coefficient (Wildman–Crippen LogP) is 5.83. The van der Waals surface area contributed by atoms with Crippen molar-refractivity contribution in [2.45, 2.75) is 4.90 Å². The SMILES string of the molecule is COc1cccc(NC(=O)CSc2cccc(NC(=O)c3ccc4ccccc4c3)c2)c1. The minimum Gasteiger partial charge on any atom is -0.497 e. The zero-order valence-electron chi connectivity index (χ0n) is 17.5. The molecule has 0 fully saturated rings. The van der Waals surface area contributed by atoms with E-state index in [-0.39, 0.29) is 17.6 Å². The Hall–Kier alpha value is -3.77. The highest BCUT2D eigenvalue weighted by molar-refractivity contribution is 8.00. The van der Waals surface area contributed by atoms with Crippen LogP contribution in [0.2, 0.25) is 0 Å². The predicted molar refractivity (Wildman–Crippen MR) is 131 cm³/mol. The average Bonchev–Trinajstić information content (AvgIpc) is 2.83. The molecule has 0 unspecified atom stereocenters. The Morgan fingerprint density at radius 3 is 2.34 bits per heavy atom. The molecule has 0 aliphatic rings. The molecule has 4 aromatic rings. The number of thioether (sulfide) groups is 1. The smallest absolute Gasteiger partial charge is 0.255 e. The summed E-state index contributed by atoms with van der Waals surface area (Å²) < 4.78 is 5.17. The van der Waals surface area contributed by atoms with E-state index in [1.165, 1.54) is 11.8 Å². The van der Waals surface area contributed by atoms with Gasteiger partial charge in [-0.2, -0.15) is 0 Å². The van der Waals surface area contributed by atoms with Crippen LogP contribution in [0.1, 0.15) is 10.4 Å². The number of benzene rings is 4. The molecule has 5 nitrogen and oxygen atoms in total. The largest absolute Gasteiger partial charge is 0.497 e. The second kappa shape index (κ2) is 10.0. The second-order valence-corrected chi connectivity index (χ2v) is 8.16. The normalized spacial score (nSPS) is 10.5. The van der Waals surface area contributed by atoms with Crippen molar-refractivity contribution in [1.82, 2.24) is 0 Å². The lowest BCUT2D eigenvalue weighted by Gasteiger charge is -2.09. The number of nitrogens with one attached hydrogen (secondary N) is 2. The number of anilines is 2. The number of hydrogen-bond acceptors (Lipinski definition) is 4. The van der Waals surface area contributed by atoms with Crippen LogP contribution in [0.4, 0.5) is 11.4 Å². The number of rotatable bonds is 7. The summed E-state index contributed by atoms with van der Waals surface area (Å²) in [5.41, 5.74) is 1.96. The number of carbonyl (C=O) groups excluding carboxylic acids is 2. The lowest BCUT2D eigenvalue weighted by molar-refractivity contribution is -0.113. The first kappa shape index (κ1) is 21.5. The van der Waals surface area contributed by atoms with Crippen molar-refractivity contribution in [2.75, 3.05) is 23.5 Å². The van der Waals surface area contributed by atoms with Crippen molar-refractivity contribution >= 4 is 45.7 Å². The number of carbonyl (C=O) groups is 2. The van der Waals surface area contributed by atoms with Gasteiger partial charge in [0, 0.05) is 27.9 Å². The van der Waals surface area contributed by atoms with Gasteiger partial charge in [-0.25, -0.2) is 0 Å². The van der Waals surface area contributed by atoms with Crippen LogP contribution >= 0.6 is 11.8 Å².